The summed E-state index contributed by atoms with van der Waals surface area (Å²) in [5.41, 5.74) is 5.72. The Hall–Kier alpha value is -0.610. The molecule has 0 aromatic rings. The fourth-order valence-corrected chi connectivity index (χ4v) is 2.92. The molecule has 2 aliphatic rings. The van der Waals surface area contributed by atoms with Crippen LogP contribution in [0.4, 0.5) is 0 Å². The SMILES string of the molecule is NC[C@H]1CCCN(CC(=O)N2CCCCC2)C1. The summed E-state index contributed by atoms with van der Waals surface area (Å²) in [6, 6.07) is 0. The molecule has 1 atom stereocenters. The highest BCUT2D eigenvalue weighted by Gasteiger charge is 2.23. The van der Waals surface area contributed by atoms with E-state index >= 15 is 0 Å². The highest BCUT2D eigenvalue weighted by atomic mass is 16.2. The van der Waals surface area contributed by atoms with Crippen LogP contribution in [0.1, 0.15) is 32.1 Å². The maximum atomic E-state index is 12.1. The highest BCUT2D eigenvalue weighted by Crippen LogP contribution is 2.16. The van der Waals surface area contributed by atoms with Crippen molar-refractivity contribution < 1.29 is 4.79 Å². The van der Waals surface area contributed by atoms with Crippen LogP contribution in [0, 0.1) is 5.92 Å². The zero-order valence-electron chi connectivity index (χ0n) is 10.7. The molecule has 4 heteroatoms. The fourth-order valence-electron chi connectivity index (χ4n) is 2.92. The van der Waals surface area contributed by atoms with Gasteiger partial charge in [-0.05, 0) is 51.1 Å². The number of hydrogen-bond donors (Lipinski definition) is 1. The summed E-state index contributed by atoms with van der Waals surface area (Å²) in [6.07, 6.45) is 6.05. The summed E-state index contributed by atoms with van der Waals surface area (Å²) in [4.78, 5) is 16.4. The van der Waals surface area contributed by atoms with Gasteiger partial charge in [-0.2, -0.15) is 0 Å². The Kier molecular flexibility index (Phi) is 4.80. The van der Waals surface area contributed by atoms with Crippen LogP contribution in [0.25, 0.3) is 0 Å². The minimum Gasteiger partial charge on any atom is -0.342 e. The van der Waals surface area contributed by atoms with Crippen molar-refractivity contribution in [2.45, 2.75) is 32.1 Å². The molecule has 0 spiro atoms. The lowest BCUT2D eigenvalue weighted by Gasteiger charge is -2.34. The van der Waals surface area contributed by atoms with Crippen LogP contribution in [-0.4, -0.2) is 55.0 Å². The second-order valence-corrected chi connectivity index (χ2v) is 5.42. The van der Waals surface area contributed by atoms with E-state index < -0.39 is 0 Å². The van der Waals surface area contributed by atoms with Crippen molar-refractivity contribution in [2.75, 3.05) is 39.3 Å². The Labute approximate surface area is 104 Å². The molecule has 0 bridgehead atoms. The minimum atomic E-state index is 0.322. The van der Waals surface area contributed by atoms with Gasteiger partial charge in [-0.1, -0.05) is 0 Å². The second kappa shape index (κ2) is 6.36. The molecule has 0 unspecified atom stereocenters. The van der Waals surface area contributed by atoms with Crippen molar-refractivity contribution in [3.63, 3.8) is 0 Å². The smallest absolute Gasteiger partial charge is 0.236 e. The van der Waals surface area contributed by atoms with Crippen molar-refractivity contribution >= 4 is 5.91 Å². The zero-order chi connectivity index (χ0) is 12.1. The Morgan fingerprint density at radius 2 is 1.88 bits per heavy atom. The van der Waals surface area contributed by atoms with E-state index in [-0.39, 0.29) is 0 Å². The van der Waals surface area contributed by atoms with Crippen LogP contribution in [0.15, 0.2) is 0 Å². The molecule has 4 nitrogen and oxygen atoms in total. The van der Waals surface area contributed by atoms with E-state index in [2.05, 4.69) is 4.90 Å². The van der Waals surface area contributed by atoms with Gasteiger partial charge in [0.1, 0.15) is 0 Å². The van der Waals surface area contributed by atoms with Crippen molar-refractivity contribution in [1.82, 2.24) is 9.80 Å². The van der Waals surface area contributed by atoms with Gasteiger partial charge in [-0.3, -0.25) is 9.69 Å². The van der Waals surface area contributed by atoms with Gasteiger partial charge in [0, 0.05) is 19.6 Å². The van der Waals surface area contributed by atoms with Crippen molar-refractivity contribution in [3.8, 4) is 0 Å². The van der Waals surface area contributed by atoms with Crippen molar-refractivity contribution in [1.29, 1.82) is 0 Å². The van der Waals surface area contributed by atoms with Crippen molar-refractivity contribution in [3.05, 3.63) is 0 Å². The number of piperidine rings is 2. The largest absolute Gasteiger partial charge is 0.342 e. The van der Waals surface area contributed by atoms with E-state index in [0.29, 0.717) is 18.4 Å². The Morgan fingerprint density at radius 3 is 2.59 bits per heavy atom. The molecule has 17 heavy (non-hydrogen) atoms. The zero-order valence-corrected chi connectivity index (χ0v) is 10.7. The van der Waals surface area contributed by atoms with Gasteiger partial charge < -0.3 is 10.6 Å². The molecule has 0 aliphatic carbocycles. The molecular weight excluding hydrogens is 214 g/mol. The average molecular weight is 239 g/mol. The van der Waals surface area contributed by atoms with Gasteiger partial charge in [-0.25, -0.2) is 0 Å². The molecular formula is C13H25N3O. The van der Waals surface area contributed by atoms with E-state index in [4.69, 9.17) is 5.73 Å². The summed E-state index contributed by atoms with van der Waals surface area (Å²) in [5.74, 6) is 0.917. The van der Waals surface area contributed by atoms with Gasteiger partial charge in [0.05, 0.1) is 6.54 Å². The first-order chi connectivity index (χ1) is 8.29. The van der Waals surface area contributed by atoms with Crippen LogP contribution < -0.4 is 5.73 Å². The van der Waals surface area contributed by atoms with E-state index in [1.54, 1.807) is 0 Å². The number of nitrogens with zero attached hydrogens (tertiary/aromatic N) is 2. The molecule has 2 rings (SSSR count). The van der Waals surface area contributed by atoms with Gasteiger partial charge in [0.25, 0.3) is 0 Å². The van der Waals surface area contributed by atoms with E-state index in [1.165, 1.54) is 32.1 Å². The van der Waals surface area contributed by atoms with Crippen LogP contribution in [-0.2, 0) is 4.79 Å². The molecule has 2 saturated heterocycles. The Balaban J connectivity index is 1.77. The number of likely N-dealkylation sites (tertiary alicyclic amines) is 2. The third-order valence-electron chi connectivity index (χ3n) is 4.00. The number of rotatable bonds is 3. The normalized spacial score (nSPS) is 27.1. The topological polar surface area (TPSA) is 49.6 Å². The lowest BCUT2D eigenvalue weighted by atomic mass is 9.98. The first-order valence-electron chi connectivity index (χ1n) is 7.00. The number of carbonyl (C=O) groups excluding carboxylic acids is 1. The second-order valence-electron chi connectivity index (χ2n) is 5.42. The number of amides is 1. The first kappa shape index (κ1) is 12.8. The van der Waals surface area contributed by atoms with Gasteiger partial charge in [-0.15, -0.1) is 0 Å². The van der Waals surface area contributed by atoms with E-state index in [0.717, 1.165) is 32.7 Å². The summed E-state index contributed by atoms with van der Waals surface area (Å²) < 4.78 is 0. The van der Waals surface area contributed by atoms with E-state index in [1.807, 2.05) is 4.90 Å². The molecule has 2 fully saturated rings. The monoisotopic (exact) mass is 239 g/mol. The fraction of sp³-hybridized carbons (Fsp3) is 0.923. The number of nitrogens with two attached hydrogens (primary N) is 1. The van der Waals surface area contributed by atoms with Crippen LogP contribution in [0.5, 0.6) is 0 Å². The molecule has 0 saturated carbocycles. The average Bonchev–Trinajstić information content (AvgIpc) is 2.40. The van der Waals surface area contributed by atoms with Crippen LogP contribution >= 0.6 is 0 Å². The van der Waals surface area contributed by atoms with E-state index in [9.17, 15) is 4.79 Å². The molecule has 98 valence electrons. The summed E-state index contributed by atoms with van der Waals surface area (Å²) in [7, 11) is 0. The van der Waals surface area contributed by atoms with Gasteiger partial charge in [0.2, 0.25) is 5.91 Å². The maximum Gasteiger partial charge on any atom is 0.236 e. The van der Waals surface area contributed by atoms with Crippen LogP contribution in [0.2, 0.25) is 0 Å². The Bertz CT molecular complexity index is 251. The third kappa shape index (κ3) is 3.68. The molecule has 2 heterocycles. The van der Waals surface area contributed by atoms with Gasteiger partial charge in [0.15, 0.2) is 0 Å². The number of hydrogen-bond acceptors (Lipinski definition) is 3. The third-order valence-corrected chi connectivity index (χ3v) is 4.00. The summed E-state index contributed by atoms with van der Waals surface area (Å²) >= 11 is 0. The van der Waals surface area contributed by atoms with Crippen LogP contribution in [0.3, 0.4) is 0 Å². The lowest BCUT2D eigenvalue weighted by molar-refractivity contribution is -0.133. The number of carbonyl (C=O) groups is 1. The summed E-state index contributed by atoms with van der Waals surface area (Å²) in [5, 5.41) is 0. The highest BCUT2D eigenvalue weighted by molar-refractivity contribution is 5.78. The predicted molar refractivity (Wildman–Crippen MR) is 68.6 cm³/mol. The molecule has 0 aromatic carbocycles. The lowest BCUT2D eigenvalue weighted by Crippen LogP contribution is -2.46. The standard InChI is InChI=1S/C13H25N3O/c14-9-12-5-4-6-15(10-12)11-13(17)16-7-2-1-3-8-16/h12H,1-11,14H2/t12-/m1/s1. The Morgan fingerprint density at radius 1 is 1.12 bits per heavy atom. The van der Waals surface area contributed by atoms with Crippen molar-refractivity contribution in [2.24, 2.45) is 11.7 Å². The maximum absolute atomic E-state index is 12.1. The molecule has 2 aliphatic heterocycles. The minimum absolute atomic E-state index is 0.322. The molecule has 0 radical (unpaired) electrons. The quantitative estimate of drug-likeness (QED) is 0.787. The molecule has 1 amide bonds. The first-order valence-corrected chi connectivity index (χ1v) is 7.00. The summed E-state index contributed by atoms with van der Waals surface area (Å²) in [6.45, 7) is 5.37. The predicted octanol–water partition coefficient (Wildman–Crippen LogP) is 0.670. The molecule has 0 aromatic heterocycles. The molecule has 2 N–H and O–H groups in total. The van der Waals surface area contributed by atoms with Gasteiger partial charge >= 0.3 is 0 Å².